The summed E-state index contributed by atoms with van der Waals surface area (Å²) >= 11 is 0. The third-order valence-electron chi connectivity index (χ3n) is 1.77. The Morgan fingerprint density at radius 3 is 2.53 bits per heavy atom. The molecule has 1 aromatic heterocycles. The standard InChI is InChI=1S/C12H14N4O2.ClH/c1-12(2,3)18-11(17)16-10(14)9-5-4-8(6-13)7-15-9;/h4-5,7H,1-3H3,(H2,14,16,17);1H. The molecule has 0 atom stereocenters. The van der Waals surface area contributed by atoms with Gasteiger partial charge in [-0.05, 0) is 32.9 Å². The van der Waals surface area contributed by atoms with Gasteiger partial charge >= 0.3 is 6.09 Å². The number of ether oxygens (including phenoxy) is 1. The Hall–Kier alpha value is -2.13. The number of carbonyl (C=O) groups is 1. The molecule has 0 aliphatic rings. The Labute approximate surface area is 117 Å². The lowest BCUT2D eigenvalue weighted by atomic mass is 10.2. The molecule has 0 saturated heterocycles. The molecule has 0 aliphatic heterocycles. The SMILES string of the molecule is CC(C)(C)OC(=O)NC(=N)c1ccc(C#N)cn1.Cl. The number of nitrogens with one attached hydrogen (secondary N) is 2. The van der Waals surface area contributed by atoms with Crippen molar-refractivity contribution >= 4 is 24.3 Å². The quantitative estimate of drug-likeness (QED) is 0.609. The van der Waals surface area contributed by atoms with Crippen LogP contribution in [0, 0.1) is 16.7 Å². The van der Waals surface area contributed by atoms with Gasteiger partial charge in [-0.15, -0.1) is 12.4 Å². The molecule has 2 N–H and O–H groups in total. The zero-order valence-electron chi connectivity index (χ0n) is 10.9. The van der Waals surface area contributed by atoms with Gasteiger partial charge in [-0.25, -0.2) is 4.79 Å². The second-order valence-corrected chi connectivity index (χ2v) is 4.55. The summed E-state index contributed by atoms with van der Waals surface area (Å²) in [6, 6.07) is 4.93. The molecule has 0 bridgehead atoms. The van der Waals surface area contributed by atoms with Gasteiger partial charge in [-0.2, -0.15) is 5.26 Å². The van der Waals surface area contributed by atoms with Crippen LogP contribution in [-0.2, 0) is 4.74 Å². The summed E-state index contributed by atoms with van der Waals surface area (Å²) < 4.78 is 5.00. The zero-order chi connectivity index (χ0) is 13.8. The van der Waals surface area contributed by atoms with Crippen molar-refractivity contribution in [2.45, 2.75) is 26.4 Å². The van der Waals surface area contributed by atoms with Crippen LogP contribution < -0.4 is 5.32 Å². The Morgan fingerprint density at radius 1 is 1.47 bits per heavy atom. The molecular weight excluding hydrogens is 268 g/mol. The van der Waals surface area contributed by atoms with Gasteiger partial charge in [0.2, 0.25) is 0 Å². The summed E-state index contributed by atoms with van der Waals surface area (Å²) in [5.74, 6) is -0.172. The van der Waals surface area contributed by atoms with E-state index in [1.807, 2.05) is 6.07 Å². The van der Waals surface area contributed by atoms with Crippen molar-refractivity contribution in [3.8, 4) is 6.07 Å². The highest BCUT2D eigenvalue weighted by atomic mass is 35.5. The van der Waals surface area contributed by atoms with E-state index in [4.69, 9.17) is 15.4 Å². The fourth-order valence-corrected chi connectivity index (χ4v) is 1.08. The molecule has 0 aliphatic carbocycles. The monoisotopic (exact) mass is 282 g/mol. The van der Waals surface area contributed by atoms with Crippen LogP contribution in [0.4, 0.5) is 4.79 Å². The second kappa shape index (κ2) is 6.71. The van der Waals surface area contributed by atoms with Gasteiger partial charge < -0.3 is 4.74 Å². The fourth-order valence-electron chi connectivity index (χ4n) is 1.08. The maximum absolute atomic E-state index is 11.4. The second-order valence-electron chi connectivity index (χ2n) is 4.55. The number of rotatable bonds is 1. The molecule has 0 unspecified atom stereocenters. The Balaban J connectivity index is 0.00000324. The first-order valence-electron chi connectivity index (χ1n) is 5.27. The number of alkyl carbamates (subject to hydrolysis) is 1. The molecule has 6 nitrogen and oxygen atoms in total. The van der Waals surface area contributed by atoms with Crippen LogP contribution in [0.5, 0.6) is 0 Å². The van der Waals surface area contributed by atoms with Crippen LogP contribution in [0.1, 0.15) is 32.0 Å². The van der Waals surface area contributed by atoms with E-state index in [2.05, 4.69) is 10.3 Å². The number of halogens is 1. The minimum atomic E-state index is -0.710. The minimum Gasteiger partial charge on any atom is -0.444 e. The molecule has 0 fully saturated rings. The van der Waals surface area contributed by atoms with Gasteiger partial charge in [-0.3, -0.25) is 15.7 Å². The number of carbonyl (C=O) groups excluding carboxylic acids is 1. The van der Waals surface area contributed by atoms with E-state index in [0.717, 1.165) is 0 Å². The Bertz CT molecular complexity index is 500. The number of hydrogen-bond acceptors (Lipinski definition) is 5. The molecule has 1 heterocycles. The Kier molecular flexibility index (Phi) is 5.96. The largest absolute Gasteiger partial charge is 0.444 e. The number of nitriles is 1. The zero-order valence-corrected chi connectivity index (χ0v) is 11.7. The summed E-state index contributed by atoms with van der Waals surface area (Å²) in [6.07, 6.45) is 0.624. The van der Waals surface area contributed by atoms with Crippen molar-refractivity contribution in [1.82, 2.24) is 10.3 Å². The van der Waals surface area contributed by atoms with Crippen molar-refractivity contribution in [2.75, 3.05) is 0 Å². The van der Waals surface area contributed by atoms with Crippen LogP contribution >= 0.6 is 12.4 Å². The van der Waals surface area contributed by atoms with Crippen molar-refractivity contribution in [2.24, 2.45) is 0 Å². The van der Waals surface area contributed by atoms with E-state index in [1.54, 1.807) is 20.8 Å². The van der Waals surface area contributed by atoms with Gasteiger partial charge in [0.15, 0.2) is 5.84 Å². The lowest BCUT2D eigenvalue weighted by molar-refractivity contribution is 0.0563. The van der Waals surface area contributed by atoms with E-state index in [-0.39, 0.29) is 23.9 Å². The maximum atomic E-state index is 11.4. The maximum Gasteiger partial charge on any atom is 0.413 e. The number of amidine groups is 1. The molecule has 102 valence electrons. The molecule has 1 rings (SSSR count). The van der Waals surface area contributed by atoms with Crippen molar-refractivity contribution < 1.29 is 9.53 Å². The van der Waals surface area contributed by atoms with E-state index in [9.17, 15) is 4.79 Å². The average Bonchev–Trinajstić information content (AvgIpc) is 2.26. The van der Waals surface area contributed by atoms with Gasteiger partial charge in [-0.1, -0.05) is 0 Å². The predicted molar refractivity (Wildman–Crippen MR) is 72.4 cm³/mol. The summed E-state index contributed by atoms with van der Waals surface area (Å²) in [6.45, 7) is 5.20. The molecule has 0 saturated carbocycles. The smallest absolute Gasteiger partial charge is 0.413 e. The summed E-state index contributed by atoms with van der Waals surface area (Å²) in [5.41, 5.74) is 0.0336. The number of amides is 1. The fraction of sp³-hybridized carbons (Fsp3) is 0.333. The number of aromatic nitrogens is 1. The molecular formula is C12H15ClN4O2. The van der Waals surface area contributed by atoms with E-state index in [0.29, 0.717) is 5.56 Å². The Morgan fingerprint density at radius 2 is 2.11 bits per heavy atom. The molecule has 7 heteroatoms. The lowest BCUT2D eigenvalue weighted by Crippen LogP contribution is -2.36. The van der Waals surface area contributed by atoms with E-state index in [1.165, 1.54) is 18.3 Å². The minimum absolute atomic E-state index is 0. The summed E-state index contributed by atoms with van der Waals surface area (Å²) in [4.78, 5) is 15.3. The highest BCUT2D eigenvalue weighted by molar-refractivity contribution is 6.03. The van der Waals surface area contributed by atoms with Crippen LogP contribution in [0.3, 0.4) is 0 Å². The van der Waals surface area contributed by atoms with Crippen LogP contribution in [-0.4, -0.2) is 22.5 Å². The van der Waals surface area contributed by atoms with Gasteiger partial charge in [0.1, 0.15) is 17.4 Å². The topological polar surface area (TPSA) is 98.9 Å². The predicted octanol–water partition coefficient (Wildman–Crippen LogP) is 2.23. The first-order chi connectivity index (χ1) is 8.31. The molecule has 0 radical (unpaired) electrons. The molecule has 0 spiro atoms. The summed E-state index contributed by atoms with van der Waals surface area (Å²) in [7, 11) is 0. The highest BCUT2D eigenvalue weighted by Crippen LogP contribution is 2.06. The van der Waals surface area contributed by atoms with Crippen molar-refractivity contribution in [3.63, 3.8) is 0 Å². The normalized spacial score (nSPS) is 9.79. The number of pyridine rings is 1. The van der Waals surface area contributed by atoms with Crippen LogP contribution in [0.25, 0.3) is 0 Å². The molecule has 1 amide bonds. The molecule has 19 heavy (non-hydrogen) atoms. The summed E-state index contributed by atoms with van der Waals surface area (Å²) in [5, 5.41) is 18.5. The lowest BCUT2D eigenvalue weighted by Gasteiger charge is -2.19. The third kappa shape index (κ3) is 5.84. The van der Waals surface area contributed by atoms with E-state index < -0.39 is 11.7 Å². The van der Waals surface area contributed by atoms with E-state index >= 15 is 0 Å². The van der Waals surface area contributed by atoms with Gasteiger partial charge in [0.05, 0.1) is 5.56 Å². The van der Waals surface area contributed by atoms with Crippen molar-refractivity contribution in [1.29, 1.82) is 10.7 Å². The van der Waals surface area contributed by atoms with Gasteiger partial charge in [0, 0.05) is 6.20 Å². The van der Waals surface area contributed by atoms with Crippen LogP contribution in [0.15, 0.2) is 18.3 Å². The average molecular weight is 283 g/mol. The third-order valence-corrected chi connectivity index (χ3v) is 1.77. The first-order valence-corrected chi connectivity index (χ1v) is 5.27. The van der Waals surface area contributed by atoms with Gasteiger partial charge in [0.25, 0.3) is 0 Å². The van der Waals surface area contributed by atoms with Crippen LogP contribution in [0.2, 0.25) is 0 Å². The van der Waals surface area contributed by atoms with Crippen molar-refractivity contribution in [3.05, 3.63) is 29.6 Å². The number of nitrogens with zero attached hydrogens (tertiary/aromatic N) is 2. The molecule has 1 aromatic rings. The molecule has 0 aromatic carbocycles. The number of hydrogen-bond donors (Lipinski definition) is 2. The highest BCUT2D eigenvalue weighted by Gasteiger charge is 2.17. The first kappa shape index (κ1) is 16.9.